The van der Waals surface area contributed by atoms with Gasteiger partial charge in [0.2, 0.25) is 17.8 Å². The smallest absolute Gasteiger partial charge is 0.246 e. The number of carbonyl (C=O) groups is 2. The van der Waals surface area contributed by atoms with E-state index in [1.807, 2.05) is 103 Å². The SMILES string of the molecule is Cc1ccc(-n2cc(-c3ccccc3)nc2NC(=O)CN(CC2CCCO2)C(=O)Cc2ccccc2)cc1. The number of carbonyl (C=O) groups excluding carboxylic acids is 2. The Morgan fingerprint density at radius 3 is 2.39 bits per heavy atom. The van der Waals surface area contributed by atoms with E-state index in [4.69, 9.17) is 9.72 Å². The standard InChI is InChI=1S/C31H32N4O3/c1-23-14-16-26(17-15-23)35-21-28(25-11-6-3-7-12-25)32-31(35)33-29(36)22-34(20-27-13-8-18-38-27)30(37)19-24-9-4-2-5-10-24/h2-7,9-12,14-17,21,27H,8,13,18-20,22H2,1H3,(H,32,33,36). The molecule has 194 valence electrons. The maximum atomic E-state index is 13.3. The number of anilines is 1. The Morgan fingerprint density at radius 1 is 1.00 bits per heavy atom. The number of amides is 2. The molecule has 38 heavy (non-hydrogen) atoms. The van der Waals surface area contributed by atoms with Crippen molar-refractivity contribution in [3.63, 3.8) is 0 Å². The highest BCUT2D eigenvalue weighted by Gasteiger charge is 2.25. The summed E-state index contributed by atoms with van der Waals surface area (Å²) in [7, 11) is 0. The van der Waals surface area contributed by atoms with Gasteiger partial charge in [-0.15, -0.1) is 0 Å². The summed E-state index contributed by atoms with van der Waals surface area (Å²) in [5.74, 6) is 0.00182. The van der Waals surface area contributed by atoms with E-state index in [2.05, 4.69) is 5.32 Å². The molecule has 7 heteroatoms. The number of nitrogens with one attached hydrogen (secondary N) is 1. The Morgan fingerprint density at radius 2 is 1.71 bits per heavy atom. The lowest BCUT2D eigenvalue weighted by atomic mass is 10.1. The van der Waals surface area contributed by atoms with Gasteiger partial charge < -0.3 is 9.64 Å². The Hall–Kier alpha value is -4.23. The average molecular weight is 509 g/mol. The van der Waals surface area contributed by atoms with Crippen LogP contribution in [0.5, 0.6) is 0 Å². The summed E-state index contributed by atoms with van der Waals surface area (Å²) in [5.41, 5.74) is 4.64. The second kappa shape index (κ2) is 11.9. The first kappa shape index (κ1) is 25.4. The van der Waals surface area contributed by atoms with Gasteiger partial charge in [0, 0.05) is 30.6 Å². The Bertz CT molecular complexity index is 1360. The molecule has 2 heterocycles. The second-order valence-corrected chi connectivity index (χ2v) is 9.64. The van der Waals surface area contributed by atoms with E-state index in [0.29, 0.717) is 19.1 Å². The van der Waals surface area contributed by atoms with Crippen LogP contribution in [0.3, 0.4) is 0 Å². The van der Waals surface area contributed by atoms with Gasteiger partial charge in [0.05, 0.1) is 18.2 Å². The number of aryl methyl sites for hydroxylation is 1. The fourth-order valence-corrected chi connectivity index (χ4v) is 4.63. The average Bonchev–Trinajstić information content (AvgIpc) is 3.60. The van der Waals surface area contributed by atoms with Crippen LogP contribution in [-0.2, 0) is 20.7 Å². The number of hydrogen-bond acceptors (Lipinski definition) is 4. The van der Waals surface area contributed by atoms with E-state index < -0.39 is 0 Å². The predicted octanol–water partition coefficient (Wildman–Crippen LogP) is 5.04. The fourth-order valence-electron chi connectivity index (χ4n) is 4.63. The van der Waals surface area contributed by atoms with Crippen LogP contribution in [0.15, 0.2) is 91.1 Å². The number of rotatable bonds is 9. The number of hydrogen-bond donors (Lipinski definition) is 1. The molecule has 1 aliphatic rings. The minimum Gasteiger partial charge on any atom is -0.376 e. The first-order chi connectivity index (χ1) is 18.5. The number of aromatic nitrogens is 2. The molecule has 1 aliphatic heterocycles. The van der Waals surface area contributed by atoms with Gasteiger partial charge in [-0.3, -0.25) is 19.5 Å². The highest BCUT2D eigenvalue weighted by atomic mass is 16.5. The molecule has 0 saturated carbocycles. The van der Waals surface area contributed by atoms with Crippen LogP contribution in [0.25, 0.3) is 16.9 Å². The van der Waals surface area contributed by atoms with Crippen molar-refractivity contribution in [3.05, 3.63) is 102 Å². The summed E-state index contributed by atoms with van der Waals surface area (Å²) in [4.78, 5) is 33.0. The van der Waals surface area contributed by atoms with Crippen molar-refractivity contribution in [2.24, 2.45) is 0 Å². The Labute approximate surface area is 223 Å². The number of nitrogens with zero attached hydrogens (tertiary/aromatic N) is 3. The normalized spacial score (nSPS) is 14.8. The van der Waals surface area contributed by atoms with Crippen molar-refractivity contribution in [1.82, 2.24) is 14.5 Å². The number of benzene rings is 3. The second-order valence-electron chi connectivity index (χ2n) is 9.64. The van der Waals surface area contributed by atoms with Crippen molar-refractivity contribution >= 4 is 17.8 Å². The largest absolute Gasteiger partial charge is 0.376 e. The van der Waals surface area contributed by atoms with Gasteiger partial charge in [0.25, 0.3) is 0 Å². The molecule has 2 amide bonds. The first-order valence-corrected chi connectivity index (χ1v) is 13.0. The molecule has 1 saturated heterocycles. The third kappa shape index (κ3) is 6.36. The van der Waals surface area contributed by atoms with Gasteiger partial charge in [-0.05, 0) is 37.5 Å². The van der Waals surface area contributed by atoms with Crippen molar-refractivity contribution in [3.8, 4) is 16.9 Å². The van der Waals surface area contributed by atoms with Crippen LogP contribution in [0.1, 0.15) is 24.0 Å². The van der Waals surface area contributed by atoms with Crippen LogP contribution in [0.4, 0.5) is 5.95 Å². The maximum absolute atomic E-state index is 13.3. The molecule has 5 rings (SSSR count). The molecule has 0 bridgehead atoms. The van der Waals surface area contributed by atoms with E-state index in [9.17, 15) is 9.59 Å². The molecule has 0 spiro atoms. The molecule has 7 nitrogen and oxygen atoms in total. The zero-order valence-electron chi connectivity index (χ0n) is 21.5. The summed E-state index contributed by atoms with van der Waals surface area (Å²) >= 11 is 0. The van der Waals surface area contributed by atoms with Crippen LogP contribution < -0.4 is 5.32 Å². The molecule has 4 aromatic rings. The fraction of sp³-hybridized carbons (Fsp3) is 0.258. The molecule has 1 fully saturated rings. The Kier molecular flexibility index (Phi) is 7.95. The first-order valence-electron chi connectivity index (χ1n) is 13.0. The van der Waals surface area contributed by atoms with E-state index >= 15 is 0 Å². The molecule has 1 atom stereocenters. The molecule has 3 aromatic carbocycles. The van der Waals surface area contributed by atoms with Crippen LogP contribution >= 0.6 is 0 Å². The topological polar surface area (TPSA) is 76.5 Å². The molecule has 0 radical (unpaired) electrons. The van der Waals surface area contributed by atoms with Crippen LogP contribution in [0.2, 0.25) is 0 Å². The maximum Gasteiger partial charge on any atom is 0.246 e. The van der Waals surface area contributed by atoms with E-state index in [-0.39, 0.29) is 30.9 Å². The van der Waals surface area contributed by atoms with Crippen molar-refractivity contribution in [1.29, 1.82) is 0 Å². The molecular weight excluding hydrogens is 476 g/mol. The summed E-state index contributed by atoms with van der Waals surface area (Å²) < 4.78 is 7.65. The lowest BCUT2D eigenvalue weighted by Gasteiger charge is -2.25. The van der Waals surface area contributed by atoms with Crippen LogP contribution in [0, 0.1) is 6.92 Å². The van der Waals surface area contributed by atoms with Crippen molar-refractivity contribution in [2.45, 2.75) is 32.3 Å². The molecular formula is C31H32N4O3. The van der Waals surface area contributed by atoms with Gasteiger partial charge in [-0.1, -0.05) is 78.4 Å². The van der Waals surface area contributed by atoms with Crippen molar-refractivity contribution < 1.29 is 14.3 Å². The monoisotopic (exact) mass is 508 g/mol. The van der Waals surface area contributed by atoms with E-state index in [0.717, 1.165) is 40.9 Å². The summed E-state index contributed by atoms with van der Waals surface area (Å²) in [6.45, 7) is 3.03. The minimum absolute atomic E-state index is 0.0539. The Balaban J connectivity index is 1.37. The third-order valence-corrected chi connectivity index (χ3v) is 6.67. The molecule has 1 unspecified atom stereocenters. The predicted molar refractivity (Wildman–Crippen MR) is 148 cm³/mol. The van der Waals surface area contributed by atoms with Crippen molar-refractivity contribution in [2.75, 3.05) is 25.0 Å². The quantitative estimate of drug-likeness (QED) is 0.344. The minimum atomic E-state index is -0.303. The van der Waals surface area contributed by atoms with E-state index in [1.165, 1.54) is 0 Å². The van der Waals surface area contributed by atoms with Crippen LogP contribution in [-0.4, -0.2) is 52.1 Å². The lowest BCUT2D eigenvalue weighted by Crippen LogP contribution is -2.43. The summed E-state index contributed by atoms with van der Waals surface area (Å²) in [6, 6.07) is 27.5. The summed E-state index contributed by atoms with van der Waals surface area (Å²) in [5, 5.41) is 2.97. The van der Waals surface area contributed by atoms with Gasteiger partial charge in [-0.2, -0.15) is 0 Å². The zero-order chi connectivity index (χ0) is 26.3. The van der Waals surface area contributed by atoms with Gasteiger partial charge in [0.1, 0.15) is 6.54 Å². The number of ether oxygens (including phenoxy) is 1. The van der Waals surface area contributed by atoms with Gasteiger partial charge in [-0.25, -0.2) is 4.98 Å². The third-order valence-electron chi connectivity index (χ3n) is 6.67. The summed E-state index contributed by atoms with van der Waals surface area (Å²) in [6.07, 6.45) is 3.95. The number of imidazole rings is 1. The van der Waals surface area contributed by atoms with Gasteiger partial charge >= 0.3 is 0 Å². The molecule has 0 aliphatic carbocycles. The van der Waals surface area contributed by atoms with E-state index in [1.54, 1.807) is 4.90 Å². The zero-order valence-corrected chi connectivity index (χ0v) is 21.5. The van der Waals surface area contributed by atoms with Gasteiger partial charge in [0.15, 0.2) is 0 Å². The lowest BCUT2D eigenvalue weighted by molar-refractivity contribution is -0.135. The molecule has 1 N–H and O–H groups in total. The highest BCUT2D eigenvalue weighted by Crippen LogP contribution is 2.24. The highest BCUT2D eigenvalue weighted by molar-refractivity contribution is 5.94. The molecule has 1 aromatic heterocycles.